The van der Waals surface area contributed by atoms with Crippen molar-refractivity contribution in [3.8, 4) is 0 Å². The predicted molar refractivity (Wildman–Crippen MR) is 84.7 cm³/mol. The minimum atomic E-state index is -0.265. The van der Waals surface area contributed by atoms with Crippen molar-refractivity contribution in [2.24, 2.45) is 0 Å². The molecule has 0 saturated carbocycles. The SMILES string of the molecule is CCCNC(CCN1CCCC1CC)c1ccc(F)cn1. The second kappa shape index (κ2) is 8.44. The molecule has 2 atom stereocenters. The number of hydrogen-bond acceptors (Lipinski definition) is 3. The minimum Gasteiger partial charge on any atom is -0.309 e. The lowest BCUT2D eigenvalue weighted by Crippen LogP contribution is -2.33. The Bertz CT molecular complexity index is 407. The van der Waals surface area contributed by atoms with Gasteiger partial charge in [-0.05, 0) is 57.3 Å². The van der Waals surface area contributed by atoms with E-state index in [4.69, 9.17) is 0 Å². The second-order valence-corrected chi connectivity index (χ2v) is 5.94. The van der Waals surface area contributed by atoms with Gasteiger partial charge in [0.2, 0.25) is 0 Å². The van der Waals surface area contributed by atoms with E-state index in [0.717, 1.165) is 37.7 Å². The number of rotatable bonds is 8. The Labute approximate surface area is 127 Å². The highest BCUT2D eigenvalue weighted by molar-refractivity contribution is 5.10. The van der Waals surface area contributed by atoms with Crippen LogP contribution in [0.3, 0.4) is 0 Å². The second-order valence-electron chi connectivity index (χ2n) is 5.94. The van der Waals surface area contributed by atoms with Gasteiger partial charge in [0.25, 0.3) is 0 Å². The van der Waals surface area contributed by atoms with Gasteiger partial charge in [-0.25, -0.2) is 4.39 Å². The van der Waals surface area contributed by atoms with Gasteiger partial charge in [0.05, 0.1) is 17.9 Å². The van der Waals surface area contributed by atoms with Crippen molar-refractivity contribution < 1.29 is 4.39 Å². The summed E-state index contributed by atoms with van der Waals surface area (Å²) in [6.45, 7) is 7.72. The summed E-state index contributed by atoms with van der Waals surface area (Å²) in [7, 11) is 0. The summed E-state index contributed by atoms with van der Waals surface area (Å²) in [5.74, 6) is -0.265. The number of nitrogens with zero attached hydrogens (tertiary/aromatic N) is 2. The van der Waals surface area contributed by atoms with Gasteiger partial charge in [-0.2, -0.15) is 0 Å². The molecule has 21 heavy (non-hydrogen) atoms. The number of nitrogens with one attached hydrogen (secondary N) is 1. The lowest BCUT2D eigenvalue weighted by Gasteiger charge is -2.26. The van der Waals surface area contributed by atoms with E-state index in [1.54, 1.807) is 0 Å². The Morgan fingerprint density at radius 1 is 1.43 bits per heavy atom. The number of pyridine rings is 1. The van der Waals surface area contributed by atoms with Crippen LogP contribution in [0.15, 0.2) is 18.3 Å². The lowest BCUT2D eigenvalue weighted by molar-refractivity contribution is 0.233. The van der Waals surface area contributed by atoms with E-state index in [1.165, 1.54) is 38.1 Å². The maximum Gasteiger partial charge on any atom is 0.141 e. The summed E-state index contributed by atoms with van der Waals surface area (Å²) >= 11 is 0. The van der Waals surface area contributed by atoms with Gasteiger partial charge < -0.3 is 10.2 Å². The molecule has 1 N–H and O–H groups in total. The summed E-state index contributed by atoms with van der Waals surface area (Å²) in [6.07, 6.45) is 7.34. The van der Waals surface area contributed by atoms with Crippen LogP contribution in [-0.2, 0) is 0 Å². The summed E-state index contributed by atoms with van der Waals surface area (Å²) in [6, 6.07) is 4.29. The van der Waals surface area contributed by atoms with Gasteiger partial charge in [0, 0.05) is 12.6 Å². The average Bonchev–Trinajstić information content (AvgIpc) is 2.96. The molecule has 1 aliphatic heterocycles. The molecule has 0 spiro atoms. The van der Waals surface area contributed by atoms with Gasteiger partial charge in [0.15, 0.2) is 0 Å². The third-order valence-electron chi connectivity index (χ3n) is 4.42. The molecule has 1 saturated heterocycles. The van der Waals surface area contributed by atoms with Crippen molar-refractivity contribution in [3.63, 3.8) is 0 Å². The molecule has 1 aromatic rings. The Balaban J connectivity index is 1.94. The van der Waals surface area contributed by atoms with Crippen molar-refractivity contribution >= 4 is 0 Å². The zero-order chi connectivity index (χ0) is 15.1. The molecule has 2 unspecified atom stereocenters. The fourth-order valence-electron chi connectivity index (χ4n) is 3.21. The summed E-state index contributed by atoms with van der Waals surface area (Å²) < 4.78 is 13.0. The largest absolute Gasteiger partial charge is 0.309 e. The van der Waals surface area contributed by atoms with Crippen LogP contribution in [0.1, 0.15) is 57.7 Å². The standard InChI is InChI=1S/C17H28FN3/c1-3-10-19-17(16-8-7-14(18)13-20-16)9-12-21-11-5-6-15(21)4-2/h7-8,13,15,17,19H,3-6,9-12H2,1-2H3. The molecule has 3 nitrogen and oxygen atoms in total. The fraction of sp³-hybridized carbons (Fsp3) is 0.706. The first-order chi connectivity index (χ1) is 10.2. The van der Waals surface area contributed by atoms with Crippen LogP contribution in [0.5, 0.6) is 0 Å². The highest BCUT2D eigenvalue weighted by Gasteiger charge is 2.23. The Hall–Kier alpha value is -1.00. The highest BCUT2D eigenvalue weighted by Crippen LogP contribution is 2.22. The molecule has 1 aromatic heterocycles. The van der Waals surface area contributed by atoms with Gasteiger partial charge in [-0.15, -0.1) is 0 Å². The number of halogens is 1. The first-order valence-electron chi connectivity index (χ1n) is 8.33. The molecule has 0 bridgehead atoms. The topological polar surface area (TPSA) is 28.2 Å². The lowest BCUT2D eigenvalue weighted by atomic mass is 10.1. The predicted octanol–water partition coefficient (Wildman–Crippen LogP) is 3.53. The van der Waals surface area contributed by atoms with Crippen LogP contribution >= 0.6 is 0 Å². The fourth-order valence-corrected chi connectivity index (χ4v) is 3.21. The van der Waals surface area contributed by atoms with E-state index in [9.17, 15) is 4.39 Å². The maximum atomic E-state index is 13.0. The van der Waals surface area contributed by atoms with Gasteiger partial charge in [-0.3, -0.25) is 4.98 Å². The van der Waals surface area contributed by atoms with E-state index in [-0.39, 0.29) is 11.9 Å². The normalized spacial score (nSPS) is 20.8. The molecule has 118 valence electrons. The minimum absolute atomic E-state index is 0.226. The van der Waals surface area contributed by atoms with Crippen LogP contribution < -0.4 is 5.32 Å². The molecule has 0 aliphatic carbocycles. The van der Waals surface area contributed by atoms with Gasteiger partial charge in [0.1, 0.15) is 5.82 Å². The van der Waals surface area contributed by atoms with Crippen molar-refractivity contribution in [1.82, 2.24) is 15.2 Å². The maximum absolute atomic E-state index is 13.0. The number of aromatic nitrogens is 1. The molecular formula is C17H28FN3. The Kier molecular flexibility index (Phi) is 6.58. The molecule has 4 heteroatoms. The van der Waals surface area contributed by atoms with E-state index in [1.807, 2.05) is 6.07 Å². The smallest absolute Gasteiger partial charge is 0.141 e. The summed E-state index contributed by atoms with van der Waals surface area (Å²) in [5, 5.41) is 3.55. The molecule has 1 fully saturated rings. The first kappa shape index (κ1) is 16.4. The molecule has 0 amide bonds. The quantitative estimate of drug-likeness (QED) is 0.795. The van der Waals surface area contributed by atoms with E-state index < -0.39 is 0 Å². The summed E-state index contributed by atoms with van der Waals surface area (Å²) in [5.41, 5.74) is 0.956. The van der Waals surface area contributed by atoms with Crippen LogP contribution in [-0.4, -0.2) is 35.6 Å². The monoisotopic (exact) mass is 293 g/mol. The third kappa shape index (κ3) is 4.75. The zero-order valence-electron chi connectivity index (χ0n) is 13.3. The van der Waals surface area contributed by atoms with Crippen LogP contribution in [0, 0.1) is 5.82 Å². The summed E-state index contributed by atoms with van der Waals surface area (Å²) in [4.78, 5) is 6.86. The van der Waals surface area contributed by atoms with Gasteiger partial charge in [-0.1, -0.05) is 13.8 Å². The first-order valence-corrected chi connectivity index (χ1v) is 8.33. The number of hydrogen-bond donors (Lipinski definition) is 1. The van der Waals surface area contributed by atoms with Crippen LogP contribution in [0.2, 0.25) is 0 Å². The van der Waals surface area contributed by atoms with E-state index >= 15 is 0 Å². The Morgan fingerprint density at radius 2 is 2.29 bits per heavy atom. The highest BCUT2D eigenvalue weighted by atomic mass is 19.1. The molecule has 1 aliphatic rings. The van der Waals surface area contributed by atoms with Crippen LogP contribution in [0.4, 0.5) is 4.39 Å². The number of likely N-dealkylation sites (tertiary alicyclic amines) is 1. The van der Waals surface area contributed by atoms with E-state index in [0.29, 0.717) is 0 Å². The molecule has 2 heterocycles. The molecule has 0 aromatic carbocycles. The third-order valence-corrected chi connectivity index (χ3v) is 4.42. The Morgan fingerprint density at radius 3 is 2.95 bits per heavy atom. The van der Waals surface area contributed by atoms with Gasteiger partial charge >= 0.3 is 0 Å². The zero-order valence-corrected chi connectivity index (χ0v) is 13.3. The molecular weight excluding hydrogens is 265 g/mol. The van der Waals surface area contributed by atoms with E-state index in [2.05, 4.69) is 29.0 Å². The average molecular weight is 293 g/mol. The molecule has 0 radical (unpaired) electrons. The van der Waals surface area contributed by atoms with Crippen molar-refractivity contribution in [1.29, 1.82) is 0 Å². The van der Waals surface area contributed by atoms with Crippen molar-refractivity contribution in [2.75, 3.05) is 19.6 Å². The van der Waals surface area contributed by atoms with Crippen molar-refractivity contribution in [2.45, 2.75) is 58.0 Å². The van der Waals surface area contributed by atoms with Crippen LogP contribution in [0.25, 0.3) is 0 Å². The van der Waals surface area contributed by atoms with Crippen molar-refractivity contribution in [3.05, 3.63) is 29.8 Å². The molecule has 2 rings (SSSR count).